The Morgan fingerprint density at radius 1 is 1.00 bits per heavy atom. The van der Waals surface area contributed by atoms with Crippen LogP contribution in [-0.4, -0.2) is 36.5 Å². The zero-order valence-corrected chi connectivity index (χ0v) is 12.8. The number of hydrogen-bond acceptors (Lipinski definition) is 4. The molecule has 0 aliphatic rings. The number of alkyl carbamates (subject to hydrolysis) is 2. The van der Waals surface area contributed by atoms with Crippen molar-refractivity contribution in [2.24, 2.45) is 0 Å². The Morgan fingerprint density at radius 3 is 2.05 bits per heavy atom. The van der Waals surface area contributed by atoms with Gasteiger partial charge in [-0.25, -0.2) is 9.59 Å². The van der Waals surface area contributed by atoms with E-state index in [9.17, 15) is 9.59 Å². The first-order valence-corrected chi connectivity index (χ1v) is 6.41. The second-order valence-electron chi connectivity index (χ2n) is 6.29. The minimum absolute atomic E-state index is 0.248. The third-order valence-corrected chi connectivity index (χ3v) is 1.70. The molecule has 112 valence electrons. The summed E-state index contributed by atoms with van der Waals surface area (Å²) in [6, 6.07) is 0. The van der Waals surface area contributed by atoms with Crippen LogP contribution in [0.3, 0.4) is 0 Å². The van der Waals surface area contributed by atoms with Crippen molar-refractivity contribution >= 4 is 12.2 Å². The second kappa shape index (κ2) is 7.21. The van der Waals surface area contributed by atoms with Crippen LogP contribution in [-0.2, 0) is 9.47 Å². The van der Waals surface area contributed by atoms with Crippen LogP contribution in [0.5, 0.6) is 0 Å². The van der Waals surface area contributed by atoms with Crippen LogP contribution >= 0.6 is 0 Å². The summed E-state index contributed by atoms with van der Waals surface area (Å²) >= 11 is 0. The van der Waals surface area contributed by atoms with Gasteiger partial charge in [-0.05, 0) is 48.0 Å². The van der Waals surface area contributed by atoms with Gasteiger partial charge in [-0.2, -0.15) is 0 Å². The molecule has 0 aromatic carbocycles. The Morgan fingerprint density at radius 2 is 1.58 bits per heavy atom. The Hall–Kier alpha value is -1.46. The quantitative estimate of drug-likeness (QED) is 0.772. The third kappa shape index (κ3) is 12.8. The standard InChI is InChI=1S/C13H26N2O4/c1-12(2,3)15-11(17)18-9-7-8-14-10(16)19-13(4,5)6/h7-9H2,1-6H3,(H,14,16)(H,15,17). The average molecular weight is 274 g/mol. The minimum Gasteiger partial charge on any atom is -0.449 e. The van der Waals surface area contributed by atoms with Gasteiger partial charge in [0.25, 0.3) is 0 Å². The molecular weight excluding hydrogens is 248 g/mol. The molecule has 0 rings (SSSR count). The van der Waals surface area contributed by atoms with Crippen LogP contribution in [0.1, 0.15) is 48.0 Å². The van der Waals surface area contributed by atoms with E-state index in [2.05, 4.69) is 10.6 Å². The van der Waals surface area contributed by atoms with Crippen LogP contribution in [0.15, 0.2) is 0 Å². The molecule has 19 heavy (non-hydrogen) atoms. The van der Waals surface area contributed by atoms with Crippen molar-refractivity contribution in [2.45, 2.75) is 59.1 Å². The summed E-state index contributed by atoms with van der Waals surface area (Å²) in [6.45, 7) is 11.7. The van der Waals surface area contributed by atoms with Crippen LogP contribution in [0.4, 0.5) is 9.59 Å². The first kappa shape index (κ1) is 17.5. The maximum atomic E-state index is 11.3. The van der Waals surface area contributed by atoms with E-state index in [4.69, 9.17) is 9.47 Å². The molecule has 6 nitrogen and oxygen atoms in total. The minimum atomic E-state index is -0.507. The van der Waals surface area contributed by atoms with Crippen molar-refractivity contribution in [2.75, 3.05) is 13.2 Å². The lowest BCUT2D eigenvalue weighted by Gasteiger charge is -2.20. The highest BCUT2D eigenvalue weighted by Gasteiger charge is 2.16. The van der Waals surface area contributed by atoms with E-state index in [-0.39, 0.29) is 12.1 Å². The van der Waals surface area contributed by atoms with Gasteiger partial charge < -0.3 is 20.1 Å². The van der Waals surface area contributed by atoms with Crippen molar-refractivity contribution in [3.63, 3.8) is 0 Å². The molecule has 2 amide bonds. The SMILES string of the molecule is CC(C)(C)NC(=O)OCCCNC(=O)OC(C)(C)C. The van der Waals surface area contributed by atoms with E-state index >= 15 is 0 Å². The smallest absolute Gasteiger partial charge is 0.407 e. The van der Waals surface area contributed by atoms with Crippen molar-refractivity contribution < 1.29 is 19.1 Å². The number of rotatable bonds is 4. The summed E-state index contributed by atoms with van der Waals surface area (Å²) in [5.74, 6) is 0. The molecule has 0 atom stereocenters. The van der Waals surface area contributed by atoms with E-state index < -0.39 is 17.8 Å². The molecule has 0 radical (unpaired) electrons. The molecule has 0 bridgehead atoms. The second-order valence-corrected chi connectivity index (χ2v) is 6.29. The lowest BCUT2D eigenvalue weighted by molar-refractivity contribution is 0.0524. The first-order chi connectivity index (χ1) is 8.49. The summed E-state index contributed by atoms with van der Waals surface area (Å²) in [4.78, 5) is 22.6. The normalized spacial score (nSPS) is 11.7. The Bertz CT molecular complexity index is 273. The zero-order chi connectivity index (χ0) is 15.1. The van der Waals surface area contributed by atoms with Gasteiger partial charge in [-0.1, -0.05) is 0 Å². The van der Waals surface area contributed by atoms with E-state index in [0.29, 0.717) is 13.0 Å². The molecule has 0 saturated carbocycles. The van der Waals surface area contributed by atoms with E-state index in [1.54, 1.807) is 20.8 Å². The third-order valence-electron chi connectivity index (χ3n) is 1.70. The number of ether oxygens (including phenoxy) is 2. The van der Waals surface area contributed by atoms with Crippen LogP contribution < -0.4 is 10.6 Å². The molecule has 0 spiro atoms. The highest BCUT2D eigenvalue weighted by atomic mass is 16.6. The molecule has 0 unspecified atom stereocenters. The zero-order valence-electron chi connectivity index (χ0n) is 12.8. The largest absolute Gasteiger partial charge is 0.449 e. The molecule has 0 heterocycles. The molecule has 0 aliphatic heterocycles. The molecule has 2 N–H and O–H groups in total. The summed E-state index contributed by atoms with van der Waals surface area (Å²) in [5.41, 5.74) is -0.820. The monoisotopic (exact) mass is 274 g/mol. The molecule has 0 aromatic heterocycles. The van der Waals surface area contributed by atoms with Gasteiger partial charge in [0.15, 0.2) is 0 Å². The fourth-order valence-electron chi connectivity index (χ4n) is 1.08. The van der Waals surface area contributed by atoms with Crippen molar-refractivity contribution in [1.82, 2.24) is 10.6 Å². The lowest BCUT2D eigenvalue weighted by atomic mass is 10.1. The predicted octanol–water partition coefficient (Wildman–Crippen LogP) is 2.43. The summed E-state index contributed by atoms with van der Waals surface area (Å²) in [6.07, 6.45) is -0.381. The summed E-state index contributed by atoms with van der Waals surface area (Å²) < 4.78 is 10.0. The predicted molar refractivity (Wildman–Crippen MR) is 73.1 cm³/mol. The van der Waals surface area contributed by atoms with Crippen LogP contribution in [0.2, 0.25) is 0 Å². The van der Waals surface area contributed by atoms with Gasteiger partial charge in [0.05, 0.1) is 6.61 Å². The molecule has 0 fully saturated rings. The van der Waals surface area contributed by atoms with Crippen LogP contribution in [0, 0.1) is 0 Å². The fourth-order valence-corrected chi connectivity index (χ4v) is 1.08. The molecule has 0 saturated heterocycles. The topological polar surface area (TPSA) is 76.7 Å². The number of amides is 2. The Balaban J connectivity index is 3.61. The number of carbonyl (C=O) groups excluding carboxylic acids is 2. The van der Waals surface area contributed by atoms with E-state index in [1.165, 1.54) is 0 Å². The Kier molecular flexibility index (Phi) is 6.65. The van der Waals surface area contributed by atoms with Gasteiger partial charge in [0.2, 0.25) is 0 Å². The van der Waals surface area contributed by atoms with Crippen molar-refractivity contribution in [1.29, 1.82) is 0 Å². The van der Waals surface area contributed by atoms with Crippen molar-refractivity contribution in [3.8, 4) is 0 Å². The van der Waals surface area contributed by atoms with Gasteiger partial charge in [0, 0.05) is 12.1 Å². The highest BCUT2D eigenvalue weighted by molar-refractivity contribution is 5.68. The molecule has 0 aliphatic carbocycles. The number of hydrogen-bond donors (Lipinski definition) is 2. The first-order valence-electron chi connectivity index (χ1n) is 6.41. The van der Waals surface area contributed by atoms with E-state index in [0.717, 1.165) is 0 Å². The van der Waals surface area contributed by atoms with E-state index in [1.807, 2.05) is 20.8 Å². The average Bonchev–Trinajstić information content (AvgIpc) is 2.10. The van der Waals surface area contributed by atoms with Gasteiger partial charge in [-0.15, -0.1) is 0 Å². The number of carbonyl (C=O) groups is 2. The maximum Gasteiger partial charge on any atom is 0.407 e. The van der Waals surface area contributed by atoms with Crippen molar-refractivity contribution in [3.05, 3.63) is 0 Å². The molecular formula is C13H26N2O4. The Labute approximate surface area is 115 Å². The fraction of sp³-hybridized carbons (Fsp3) is 0.846. The van der Waals surface area contributed by atoms with Gasteiger partial charge >= 0.3 is 12.2 Å². The maximum absolute atomic E-state index is 11.3. The molecule has 0 aromatic rings. The summed E-state index contributed by atoms with van der Waals surface area (Å²) in [7, 11) is 0. The lowest BCUT2D eigenvalue weighted by Crippen LogP contribution is -2.41. The number of nitrogens with one attached hydrogen (secondary N) is 2. The van der Waals surface area contributed by atoms with Crippen LogP contribution in [0.25, 0.3) is 0 Å². The van der Waals surface area contributed by atoms with Gasteiger partial charge in [0.1, 0.15) is 5.60 Å². The van der Waals surface area contributed by atoms with Gasteiger partial charge in [-0.3, -0.25) is 0 Å². The molecule has 6 heteroatoms. The summed E-state index contributed by atoms with van der Waals surface area (Å²) in [5, 5.41) is 5.27. The highest BCUT2D eigenvalue weighted by Crippen LogP contribution is 2.06.